The molecule has 0 aliphatic carbocycles. The Bertz CT molecular complexity index is 715. The average molecular weight is 247 g/mol. The van der Waals surface area contributed by atoms with Gasteiger partial charge in [-0.05, 0) is 18.2 Å². The largest absolute Gasteiger partial charge is 0.508 e. The van der Waals surface area contributed by atoms with Gasteiger partial charge in [-0.2, -0.15) is 0 Å². The van der Waals surface area contributed by atoms with Gasteiger partial charge in [-0.1, -0.05) is 0 Å². The smallest absolute Gasteiger partial charge is 0.325 e. The molecule has 4 N–H and O–H groups in total. The third-order valence-corrected chi connectivity index (χ3v) is 2.15. The SMILES string of the molecule is O=c1[nH]cc(N=Cc2cc(O)ccc2O)c(=O)[nH]1. The Kier molecular flexibility index (Phi) is 2.96. The number of rotatable bonds is 2. The summed E-state index contributed by atoms with van der Waals surface area (Å²) in [7, 11) is 0. The lowest BCUT2D eigenvalue weighted by Gasteiger charge is -1.98. The van der Waals surface area contributed by atoms with E-state index in [1.807, 2.05) is 4.98 Å². The number of nitrogens with zero attached hydrogens (tertiary/aromatic N) is 1. The van der Waals surface area contributed by atoms with Gasteiger partial charge in [-0.15, -0.1) is 0 Å². The van der Waals surface area contributed by atoms with Crippen LogP contribution in [0.15, 0.2) is 39.0 Å². The van der Waals surface area contributed by atoms with E-state index in [1.165, 1.54) is 24.4 Å². The maximum absolute atomic E-state index is 11.3. The lowest BCUT2D eigenvalue weighted by Crippen LogP contribution is -2.20. The summed E-state index contributed by atoms with van der Waals surface area (Å²) in [5.74, 6) is -0.123. The molecule has 0 unspecified atom stereocenters. The number of hydrogen-bond acceptors (Lipinski definition) is 5. The number of nitrogens with one attached hydrogen (secondary N) is 2. The first-order valence-corrected chi connectivity index (χ1v) is 4.94. The predicted molar refractivity (Wildman–Crippen MR) is 64.7 cm³/mol. The van der Waals surface area contributed by atoms with E-state index in [0.717, 1.165) is 6.20 Å². The molecule has 2 aromatic rings. The topological polar surface area (TPSA) is 119 Å². The summed E-state index contributed by atoms with van der Waals surface area (Å²) in [6.07, 6.45) is 2.36. The van der Waals surface area contributed by atoms with Crippen molar-refractivity contribution in [2.75, 3.05) is 0 Å². The van der Waals surface area contributed by atoms with Crippen molar-refractivity contribution >= 4 is 11.9 Å². The van der Waals surface area contributed by atoms with Crippen molar-refractivity contribution in [2.45, 2.75) is 0 Å². The summed E-state index contributed by atoms with van der Waals surface area (Å²) in [4.78, 5) is 30.2. The van der Waals surface area contributed by atoms with E-state index >= 15 is 0 Å². The van der Waals surface area contributed by atoms with E-state index in [2.05, 4.69) is 9.98 Å². The predicted octanol–water partition coefficient (Wildman–Crippen LogP) is 0.225. The zero-order valence-electron chi connectivity index (χ0n) is 9.04. The minimum Gasteiger partial charge on any atom is -0.508 e. The lowest BCUT2D eigenvalue weighted by atomic mass is 10.2. The van der Waals surface area contributed by atoms with Gasteiger partial charge < -0.3 is 15.2 Å². The molecule has 1 aromatic heterocycles. The monoisotopic (exact) mass is 247 g/mol. The number of aliphatic imine (C=N–C) groups is 1. The van der Waals surface area contributed by atoms with Crippen LogP contribution in [0.4, 0.5) is 5.69 Å². The van der Waals surface area contributed by atoms with Crippen LogP contribution < -0.4 is 11.2 Å². The number of phenolic OH excluding ortho intramolecular Hbond substituents is 2. The van der Waals surface area contributed by atoms with E-state index in [-0.39, 0.29) is 22.7 Å². The molecule has 0 saturated carbocycles. The van der Waals surface area contributed by atoms with Crippen molar-refractivity contribution in [3.05, 3.63) is 50.8 Å². The van der Waals surface area contributed by atoms with Crippen molar-refractivity contribution in [1.82, 2.24) is 9.97 Å². The van der Waals surface area contributed by atoms with Crippen molar-refractivity contribution < 1.29 is 10.2 Å². The van der Waals surface area contributed by atoms with Crippen LogP contribution in [-0.2, 0) is 0 Å². The van der Waals surface area contributed by atoms with Gasteiger partial charge in [-0.25, -0.2) is 9.79 Å². The highest BCUT2D eigenvalue weighted by Gasteiger charge is 2.01. The molecule has 1 heterocycles. The van der Waals surface area contributed by atoms with Crippen LogP contribution >= 0.6 is 0 Å². The second kappa shape index (κ2) is 4.58. The molecule has 92 valence electrons. The minimum absolute atomic E-state index is 0.0163. The molecule has 0 aliphatic heterocycles. The molecule has 7 heteroatoms. The van der Waals surface area contributed by atoms with E-state index < -0.39 is 11.2 Å². The molecule has 0 amide bonds. The first-order chi connectivity index (χ1) is 8.56. The molecule has 0 radical (unpaired) electrons. The van der Waals surface area contributed by atoms with Crippen LogP contribution in [0.25, 0.3) is 0 Å². The van der Waals surface area contributed by atoms with Gasteiger partial charge in [0, 0.05) is 18.0 Å². The highest BCUT2D eigenvalue weighted by Crippen LogP contribution is 2.20. The summed E-state index contributed by atoms with van der Waals surface area (Å²) in [6, 6.07) is 3.91. The second-order valence-electron chi connectivity index (χ2n) is 3.46. The Morgan fingerprint density at radius 3 is 2.72 bits per heavy atom. The summed E-state index contributed by atoms with van der Waals surface area (Å²) in [5, 5.41) is 18.7. The summed E-state index contributed by atoms with van der Waals surface area (Å²) >= 11 is 0. The average Bonchev–Trinajstić information content (AvgIpc) is 2.32. The van der Waals surface area contributed by atoms with Crippen LogP contribution in [0.2, 0.25) is 0 Å². The molecule has 0 bridgehead atoms. The third kappa shape index (κ3) is 2.46. The number of hydrogen-bond donors (Lipinski definition) is 4. The van der Waals surface area contributed by atoms with Crippen LogP contribution in [0.5, 0.6) is 11.5 Å². The number of H-pyrrole nitrogens is 2. The lowest BCUT2D eigenvalue weighted by molar-refractivity contribution is 0.459. The molecule has 7 nitrogen and oxygen atoms in total. The molecule has 0 saturated heterocycles. The van der Waals surface area contributed by atoms with E-state index in [4.69, 9.17) is 0 Å². The molecule has 1 aromatic carbocycles. The van der Waals surface area contributed by atoms with Gasteiger partial charge in [0.05, 0.1) is 0 Å². The van der Waals surface area contributed by atoms with Crippen LogP contribution in [0, 0.1) is 0 Å². The Balaban J connectivity index is 2.38. The van der Waals surface area contributed by atoms with Crippen molar-refractivity contribution in [3.63, 3.8) is 0 Å². The number of aromatic hydroxyl groups is 2. The quantitative estimate of drug-likeness (QED) is 0.448. The van der Waals surface area contributed by atoms with Crippen molar-refractivity contribution in [3.8, 4) is 11.5 Å². The molecule has 2 rings (SSSR count). The minimum atomic E-state index is -0.644. The van der Waals surface area contributed by atoms with Gasteiger partial charge >= 0.3 is 5.69 Å². The summed E-state index contributed by atoms with van der Waals surface area (Å²) < 4.78 is 0. The highest BCUT2D eigenvalue weighted by atomic mass is 16.3. The first kappa shape index (κ1) is 11.6. The molecular weight excluding hydrogens is 238 g/mol. The number of aromatic nitrogens is 2. The molecule has 0 fully saturated rings. The standard InChI is InChI=1S/C11H9N3O4/c15-7-1-2-9(16)6(3-7)4-12-8-5-13-11(18)14-10(8)17/h1-5,15-16H,(H2,13,14,17,18). The van der Waals surface area contributed by atoms with Crippen LogP contribution in [0.1, 0.15) is 5.56 Å². The van der Waals surface area contributed by atoms with Gasteiger partial charge in [0.25, 0.3) is 5.56 Å². The summed E-state index contributed by atoms with van der Waals surface area (Å²) in [5.41, 5.74) is -1.04. The highest BCUT2D eigenvalue weighted by molar-refractivity contribution is 5.85. The number of aromatic amines is 2. The maximum Gasteiger partial charge on any atom is 0.325 e. The van der Waals surface area contributed by atoms with Gasteiger partial charge in [0.1, 0.15) is 17.2 Å². The Morgan fingerprint density at radius 1 is 1.22 bits per heavy atom. The van der Waals surface area contributed by atoms with Crippen LogP contribution in [0.3, 0.4) is 0 Å². The fraction of sp³-hybridized carbons (Fsp3) is 0. The fourth-order valence-corrected chi connectivity index (χ4v) is 1.28. The molecular formula is C11H9N3O4. The molecule has 0 aliphatic rings. The van der Waals surface area contributed by atoms with E-state index in [0.29, 0.717) is 0 Å². The Morgan fingerprint density at radius 2 is 2.00 bits per heavy atom. The fourth-order valence-electron chi connectivity index (χ4n) is 1.28. The van der Waals surface area contributed by atoms with Gasteiger partial charge in [0.15, 0.2) is 0 Å². The van der Waals surface area contributed by atoms with Crippen LogP contribution in [-0.4, -0.2) is 26.4 Å². The van der Waals surface area contributed by atoms with Gasteiger partial charge in [-0.3, -0.25) is 9.78 Å². The molecule has 0 spiro atoms. The normalized spacial score (nSPS) is 10.9. The van der Waals surface area contributed by atoms with Crippen molar-refractivity contribution in [1.29, 1.82) is 0 Å². The zero-order chi connectivity index (χ0) is 13.1. The third-order valence-electron chi connectivity index (χ3n) is 2.15. The van der Waals surface area contributed by atoms with E-state index in [1.54, 1.807) is 0 Å². The first-order valence-electron chi connectivity index (χ1n) is 4.94. The molecule has 18 heavy (non-hydrogen) atoms. The maximum atomic E-state index is 11.3. The molecule has 0 atom stereocenters. The Hall–Kier alpha value is -2.83. The second-order valence-corrected chi connectivity index (χ2v) is 3.46. The Labute approximate surface area is 100 Å². The summed E-state index contributed by atoms with van der Waals surface area (Å²) in [6.45, 7) is 0. The van der Waals surface area contributed by atoms with E-state index in [9.17, 15) is 19.8 Å². The van der Waals surface area contributed by atoms with Gasteiger partial charge in [0.2, 0.25) is 0 Å². The van der Waals surface area contributed by atoms with Crippen molar-refractivity contribution in [2.24, 2.45) is 4.99 Å². The zero-order valence-corrected chi connectivity index (χ0v) is 9.04. The number of phenols is 2. The number of benzene rings is 1.